The smallest absolute Gasteiger partial charge is 0.228 e. The van der Waals surface area contributed by atoms with Crippen LogP contribution in [0.5, 0.6) is 0 Å². The molecule has 1 saturated heterocycles. The maximum Gasteiger partial charge on any atom is 0.228 e. The van der Waals surface area contributed by atoms with Crippen LogP contribution in [0.15, 0.2) is 30.3 Å². The maximum atomic E-state index is 12.4. The lowest BCUT2D eigenvalue weighted by Gasteiger charge is -2.39. The average molecular weight is 322 g/mol. The highest BCUT2D eigenvalue weighted by atomic mass is 16.2. The van der Waals surface area contributed by atoms with Crippen LogP contribution >= 0.6 is 0 Å². The summed E-state index contributed by atoms with van der Waals surface area (Å²) in [6.07, 6.45) is 0. The zero-order valence-corrected chi connectivity index (χ0v) is 14.4. The van der Waals surface area contributed by atoms with Crippen molar-refractivity contribution in [1.29, 1.82) is 5.26 Å². The van der Waals surface area contributed by atoms with Crippen molar-refractivity contribution < 1.29 is 4.79 Å². The highest BCUT2D eigenvalue weighted by molar-refractivity contribution is 5.92. The third-order valence-electron chi connectivity index (χ3n) is 4.36. The van der Waals surface area contributed by atoms with E-state index in [-0.39, 0.29) is 11.3 Å². The maximum absolute atomic E-state index is 12.4. The first-order valence-electron chi connectivity index (χ1n) is 8.24. The molecular weight excluding hydrogens is 300 g/mol. The van der Waals surface area contributed by atoms with Crippen LogP contribution in [0.1, 0.15) is 26.5 Å². The standard InChI is InChI=1S/C19H22N4O/c1-19(2,3)18(24)23-10-8-22(9-11-23)17-12-14(13-20)21-16-7-5-4-6-15(16)17/h4-7,12H,8-11H2,1-3H3. The number of para-hydroxylation sites is 1. The third-order valence-corrected chi connectivity index (χ3v) is 4.36. The van der Waals surface area contributed by atoms with Crippen molar-refractivity contribution >= 4 is 22.5 Å². The number of rotatable bonds is 1. The van der Waals surface area contributed by atoms with Crippen molar-refractivity contribution in [2.75, 3.05) is 31.1 Å². The fourth-order valence-electron chi connectivity index (χ4n) is 3.10. The van der Waals surface area contributed by atoms with Gasteiger partial charge in [0, 0.05) is 42.7 Å². The molecule has 0 aliphatic carbocycles. The van der Waals surface area contributed by atoms with Gasteiger partial charge < -0.3 is 9.80 Å². The second-order valence-corrected chi connectivity index (χ2v) is 7.18. The first-order chi connectivity index (χ1) is 11.4. The van der Waals surface area contributed by atoms with Gasteiger partial charge in [-0.3, -0.25) is 4.79 Å². The number of hydrogen-bond acceptors (Lipinski definition) is 4. The fraction of sp³-hybridized carbons (Fsp3) is 0.421. The van der Waals surface area contributed by atoms with Gasteiger partial charge in [0.1, 0.15) is 11.8 Å². The topological polar surface area (TPSA) is 60.2 Å². The van der Waals surface area contributed by atoms with E-state index in [2.05, 4.69) is 16.0 Å². The lowest BCUT2D eigenvalue weighted by molar-refractivity contribution is -0.139. The molecule has 1 aliphatic rings. The molecular formula is C19H22N4O. The van der Waals surface area contributed by atoms with E-state index in [4.69, 9.17) is 0 Å². The molecule has 0 atom stereocenters. The highest BCUT2D eigenvalue weighted by Gasteiger charge is 2.30. The summed E-state index contributed by atoms with van der Waals surface area (Å²) in [6, 6.07) is 11.9. The number of anilines is 1. The van der Waals surface area contributed by atoms with Crippen molar-refractivity contribution in [3.05, 3.63) is 36.0 Å². The number of nitriles is 1. The molecule has 1 amide bonds. The van der Waals surface area contributed by atoms with Crippen molar-refractivity contribution in [3.8, 4) is 6.07 Å². The van der Waals surface area contributed by atoms with Gasteiger partial charge in [0.25, 0.3) is 0 Å². The molecule has 1 fully saturated rings. The number of nitrogens with zero attached hydrogens (tertiary/aromatic N) is 4. The summed E-state index contributed by atoms with van der Waals surface area (Å²) < 4.78 is 0. The number of carbonyl (C=O) groups excluding carboxylic acids is 1. The molecule has 0 saturated carbocycles. The normalized spacial score (nSPS) is 15.4. The van der Waals surface area contributed by atoms with Crippen molar-refractivity contribution in [2.45, 2.75) is 20.8 Å². The molecule has 0 spiro atoms. The van der Waals surface area contributed by atoms with Gasteiger partial charge in [-0.1, -0.05) is 39.0 Å². The molecule has 24 heavy (non-hydrogen) atoms. The van der Waals surface area contributed by atoms with Gasteiger partial charge in [-0.2, -0.15) is 5.26 Å². The Bertz CT molecular complexity index is 808. The zero-order valence-electron chi connectivity index (χ0n) is 14.4. The second kappa shape index (κ2) is 6.12. The minimum Gasteiger partial charge on any atom is -0.367 e. The number of aromatic nitrogens is 1. The Morgan fingerprint density at radius 3 is 2.46 bits per heavy atom. The van der Waals surface area contributed by atoms with E-state index >= 15 is 0 Å². The van der Waals surface area contributed by atoms with Gasteiger partial charge in [-0.05, 0) is 12.1 Å². The van der Waals surface area contributed by atoms with E-state index in [0.717, 1.165) is 29.7 Å². The summed E-state index contributed by atoms with van der Waals surface area (Å²) in [5.41, 5.74) is 1.94. The van der Waals surface area contributed by atoms with E-state index in [9.17, 15) is 10.1 Å². The Hall–Kier alpha value is -2.61. The van der Waals surface area contributed by atoms with Crippen molar-refractivity contribution in [1.82, 2.24) is 9.88 Å². The summed E-state index contributed by atoms with van der Waals surface area (Å²) in [4.78, 5) is 21.0. The van der Waals surface area contributed by atoms with Crippen LogP contribution in [0.4, 0.5) is 5.69 Å². The minimum absolute atomic E-state index is 0.194. The monoisotopic (exact) mass is 322 g/mol. The van der Waals surface area contributed by atoms with Gasteiger partial charge in [0.2, 0.25) is 5.91 Å². The SMILES string of the molecule is CC(C)(C)C(=O)N1CCN(c2cc(C#N)nc3ccccc23)CC1. The summed E-state index contributed by atoms with van der Waals surface area (Å²) >= 11 is 0. The molecule has 1 aromatic carbocycles. The van der Waals surface area contributed by atoms with Gasteiger partial charge >= 0.3 is 0 Å². The first-order valence-corrected chi connectivity index (χ1v) is 8.24. The van der Waals surface area contributed by atoms with Crippen molar-refractivity contribution in [2.24, 2.45) is 5.41 Å². The molecule has 0 N–H and O–H groups in total. The number of pyridine rings is 1. The lowest BCUT2D eigenvalue weighted by atomic mass is 9.94. The van der Waals surface area contributed by atoms with Crippen LogP contribution in [0, 0.1) is 16.7 Å². The molecule has 1 aliphatic heterocycles. The second-order valence-electron chi connectivity index (χ2n) is 7.18. The lowest BCUT2D eigenvalue weighted by Crippen LogP contribution is -2.51. The Balaban J connectivity index is 1.86. The third kappa shape index (κ3) is 3.05. The number of piperazine rings is 1. The molecule has 0 radical (unpaired) electrons. The van der Waals surface area contributed by atoms with E-state index in [1.807, 2.05) is 56.0 Å². The highest BCUT2D eigenvalue weighted by Crippen LogP contribution is 2.28. The van der Waals surface area contributed by atoms with E-state index in [1.54, 1.807) is 0 Å². The van der Waals surface area contributed by atoms with Gasteiger partial charge in [-0.25, -0.2) is 4.98 Å². The summed E-state index contributed by atoms with van der Waals surface area (Å²) in [6.45, 7) is 8.80. The number of hydrogen-bond donors (Lipinski definition) is 0. The molecule has 124 valence electrons. The molecule has 2 heterocycles. The average Bonchev–Trinajstić information content (AvgIpc) is 2.59. The molecule has 5 nitrogen and oxygen atoms in total. The van der Waals surface area contributed by atoms with E-state index < -0.39 is 0 Å². The van der Waals surface area contributed by atoms with E-state index in [1.165, 1.54) is 0 Å². The number of benzene rings is 1. The molecule has 5 heteroatoms. The summed E-state index contributed by atoms with van der Waals surface area (Å²) in [5.74, 6) is 0.194. The van der Waals surface area contributed by atoms with Crippen LogP contribution in [-0.4, -0.2) is 42.0 Å². The predicted octanol–water partition coefficient (Wildman–Crippen LogP) is 2.80. The van der Waals surface area contributed by atoms with Crippen LogP contribution in [0.2, 0.25) is 0 Å². The number of amides is 1. The Morgan fingerprint density at radius 2 is 1.83 bits per heavy atom. The van der Waals surface area contributed by atoms with Crippen LogP contribution in [0.25, 0.3) is 10.9 Å². The van der Waals surface area contributed by atoms with Crippen LogP contribution in [0.3, 0.4) is 0 Å². The Morgan fingerprint density at radius 1 is 1.17 bits per heavy atom. The quantitative estimate of drug-likeness (QED) is 0.810. The van der Waals surface area contributed by atoms with Gasteiger partial charge in [-0.15, -0.1) is 0 Å². The molecule has 0 bridgehead atoms. The fourth-order valence-corrected chi connectivity index (χ4v) is 3.10. The Kier molecular flexibility index (Phi) is 4.15. The van der Waals surface area contributed by atoms with Gasteiger partial charge in [0.15, 0.2) is 0 Å². The number of fused-ring (bicyclic) bond motifs is 1. The molecule has 2 aromatic rings. The number of carbonyl (C=O) groups is 1. The van der Waals surface area contributed by atoms with Crippen molar-refractivity contribution in [3.63, 3.8) is 0 Å². The summed E-state index contributed by atoms with van der Waals surface area (Å²) in [5, 5.41) is 10.3. The zero-order chi connectivity index (χ0) is 17.3. The first kappa shape index (κ1) is 16.3. The predicted molar refractivity (Wildman–Crippen MR) is 94.7 cm³/mol. The van der Waals surface area contributed by atoms with E-state index in [0.29, 0.717) is 18.8 Å². The summed E-state index contributed by atoms with van der Waals surface area (Å²) in [7, 11) is 0. The van der Waals surface area contributed by atoms with Gasteiger partial charge in [0.05, 0.1) is 5.52 Å². The van der Waals surface area contributed by atoms with Crippen LogP contribution in [-0.2, 0) is 4.79 Å². The molecule has 0 unspecified atom stereocenters. The van der Waals surface area contributed by atoms with Crippen LogP contribution < -0.4 is 4.90 Å². The molecule has 3 rings (SSSR count). The molecule has 1 aromatic heterocycles. The Labute approximate surface area is 142 Å². The largest absolute Gasteiger partial charge is 0.367 e. The minimum atomic E-state index is -0.348.